The van der Waals surface area contributed by atoms with Gasteiger partial charge < -0.3 is 15.4 Å². The van der Waals surface area contributed by atoms with E-state index in [0.29, 0.717) is 12.5 Å². The van der Waals surface area contributed by atoms with E-state index in [4.69, 9.17) is 4.74 Å². The van der Waals surface area contributed by atoms with Gasteiger partial charge in [-0.25, -0.2) is 0 Å². The van der Waals surface area contributed by atoms with E-state index < -0.39 is 0 Å². The first-order valence-corrected chi connectivity index (χ1v) is 7.64. The van der Waals surface area contributed by atoms with E-state index in [2.05, 4.69) is 17.6 Å². The van der Waals surface area contributed by atoms with Crippen molar-refractivity contribution in [3.63, 3.8) is 0 Å². The summed E-state index contributed by atoms with van der Waals surface area (Å²) in [5, 5.41) is 6.46. The minimum absolute atomic E-state index is 0.178. The fourth-order valence-corrected chi connectivity index (χ4v) is 3.57. The SMILES string of the molecule is COCC1(C(=O)NCC2CCCC(C)C2)CCNC1. The third-order valence-electron chi connectivity index (χ3n) is 4.74. The molecule has 0 radical (unpaired) electrons. The first-order valence-electron chi connectivity index (χ1n) is 7.64. The molecule has 19 heavy (non-hydrogen) atoms. The highest BCUT2D eigenvalue weighted by Crippen LogP contribution is 2.29. The van der Waals surface area contributed by atoms with Gasteiger partial charge in [-0.3, -0.25) is 4.79 Å². The van der Waals surface area contributed by atoms with E-state index in [1.807, 2.05) is 0 Å². The average Bonchev–Trinajstić information content (AvgIpc) is 2.86. The summed E-state index contributed by atoms with van der Waals surface area (Å²) in [6.45, 7) is 5.34. The molecule has 2 fully saturated rings. The number of rotatable bonds is 5. The quantitative estimate of drug-likeness (QED) is 0.795. The van der Waals surface area contributed by atoms with Crippen molar-refractivity contribution in [2.45, 2.75) is 39.0 Å². The Morgan fingerprint density at radius 3 is 2.95 bits per heavy atom. The van der Waals surface area contributed by atoms with Crippen molar-refractivity contribution in [2.75, 3.05) is 33.4 Å². The molecule has 4 nitrogen and oxygen atoms in total. The van der Waals surface area contributed by atoms with Gasteiger partial charge in [0.1, 0.15) is 0 Å². The molecule has 0 aromatic heterocycles. The molecule has 110 valence electrons. The normalized spacial score (nSPS) is 35.3. The van der Waals surface area contributed by atoms with E-state index in [1.54, 1.807) is 7.11 Å². The molecule has 3 unspecified atom stereocenters. The van der Waals surface area contributed by atoms with Gasteiger partial charge in [0.2, 0.25) is 5.91 Å². The zero-order chi connectivity index (χ0) is 13.7. The fourth-order valence-electron chi connectivity index (χ4n) is 3.57. The van der Waals surface area contributed by atoms with Gasteiger partial charge in [-0.05, 0) is 37.6 Å². The van der Waals surface area contributed by atoms with Crippen LogP contribution in [0.5, 0.6) is 0 Å². The summed E-state index contributed by atoms with van der Waals surface area (Å²) in [4.78, 5) is 12.5. The summed E-state index contributed by atoms with van der Waals surface area (Å²) in [6.07, 6.45) is 6.07. The van der Waals surface area contributed by atoms with Crippen LogP contribution in [0.25, 0.3) is 0 Å². The van der Waals surface area contributed by atoms with Crippen LogP contribution < -0.4 is 10.6 Å². The molecule has 2 rings (SSSR count). The molecular formula is C15H28N2O2. The maximum absolute atomic E-state index is 12.5. The largest absolute Gasteiger partial charge is 0.384 e. The van der Waals surface area contributed by atoms with Gasteiger partial charge in [-0.2, -0.15) is 0 Å². The predicted molar refractivity (Wildman–Crippen MR) is 75.9 cm³/mol. The summed E-state index contributed by atoms with van der Waals surface area (Å²) in [5.41, 5.74) is -0.338. The summed E-state index contributed by atoms with van der Waals surface area (Å²) < 4.78 is 5.26. The van der Waals surface area contributed by atoms with Crippen molar-refractivity contribution < 1.29 is 9.53 Å². The Balaban J connectivity index is 1.82. The number of ether oxygens (including phenoxy) is 1. The minimum Gasteiger partial charge on any atom is -0.384 e. The highest BCUT2D eigenvalue weighted by atomic mass is 16.5. The molecule has 0 spiro atoms. The molecule has 4 heteroatoms. The van der Waals surface area contributed by atoms with Gasteiger partial charge in [-0.15, -0.1) is 0 Å². The molecule has 2 aliphatic rings. The van der Waals surface area contributed by atoms with Gasteiger partial charge in [0.05, 0.1) is 12.0 Å². The zero-order valence-corrected chi connectivity index (χ0v) is 12.3. The van der Waals surface area contributed by atoms with Crippen LogP contribution in [0.3, 0.4) is 0 Å². The lowest BCUT2D eigenvalue weighted by Gasteiger charge is -2.30. The molecule has 0 aromatic carbocycles. The standard InChI is InChI=1S/C15H28N2O2/c1-12-4-3-5-13(8-12)9-17-14(18)15(11-19-2)6-7-16-10-15/h12-13,16H,3-11H2,1-2H3,(H,17,18). The maximum Gasteiger partial charge on any atom is 0.229 e. The van der Waals surface area contributed by atoms with Crippen LogP contribution >= 0.6 is 0 Å². The molecule has 1 aliphatic heterocycles. The number of methoxy groups -OCH3 is 1. The highest BCUT2D eigenvalue weighted by Gasteiger charge is 2.41. The summed E-state index contributed by atoms with van der Waals surface area (Å²) in [6, 6.07) is 0. The van der Waals surface area contributed by atoms with Crippen LogP contribution in [0.15, 0.2) is 0 Å². The topological polar surface area (TPSA) is 50.4 Å². The Morgan fingerprint density at radius 2 is 2.32 bits per heavy atom. The second-order valence-electron chi connectivity index (χ2n) is 6.49. The highest BCUT2D eigenvalue weighted by molar-refractivity contribution is 5.83. The van der Waals surface area contributed by atoms with Crippen molar-refractivity contribution >= 4 is 5.91 Å². The Labute approximate surface area is 116 Å². The van der Waals surface area contributed by atoms with Crippen molar-refractivity contribution in [3.05, 3.63) is 0 Å². The molecule has 1 saturated carbocycles. The van der Waals surface area contributed by atoms with Crippen molar-refractivity contribution in [2.24, 2.45) is 17.3 Å². The van der Waals surface area contributed by atoms with E-state index in [1.165, 1.54) is 25.7 Å². The lowest BCUT2D eigenvalue weighted by atomic mass is 9.82. The van der Waals surface area contributed by atoms with Gasteiger partial charge in [0.15, 0.2) is 0 Å². The molecule has 3 atom stereocenters. The molecule has 1 saturated heterocycles. The Morgan fingerprint density at radius 1 is 1.47 bits per heavy atom. The van der Waals surface area contributed by atoms with E-state index in [-0.39, 0.29) is 11.3 Å². The second-order valence-corrected chi connectivity index (χ2v) is 6.49. The smallest absolute Gasteiger partial charge is 0.229 e. The number of hydrogen-bond acceptors (Lipinski definition) is 3. The van der Waals surface area contributed by atoms with Crippen molar-refractivity contribution in [3.8, 4) is 0 Å². The molecule has 0 aromatic rings. The van der Waals surface area contributed by atoms with Crippen LogP contribution in [-0.2, 0) is 9.53 Å². The lowest BCUT2D eigenvalue weighted by molar-refractivity contribution is -0.133. The lowest BCUT2D eigenvalue weighted by Crippen LogP contribution is -2.47. The van der Waals surface area contributed by atoms with Gasteiger partial charge in [-0.1, -0.05) is 19.8 Å². The van der Waals surface area contributed by atoms with E-state index in [9.17, 15) is 4.79 Å². The van der Waals surface area contributed by atoms with Crippen LogP contribution in [0.4, 0.5) is 0 Å². The van der Waals surface area contributed by atoms with Crippen molar-refractivity contribution in [1.29, 1.82) is 0 Å². The number of carbonyl (C=O) groups excluding carboxylic acids is 1. The summed E-state index contributed by atoms with van der Waals surface area (Å²) >= 11 is 0. The Kier molecular flexibility index (Phi) is 5.22. The first kappa shape index (κ1) is 14.8. The molecule has 1 heterocycles. The first-order chi connectivity index (χ1) is 9.16. The Hall–Kier alpha value is -0.610. The number of carbonyl (C=O) groups is 1. The molecule has 1 aliphatic carbocycles. The number of nitrogens with one attached hydrogen (secondary N) is 2. The molecule has 0 bridgehead atoms. The second kappa shape index (κ2) is 6.71. The zero-order valence-electron chi connectivity index (χ0n) is 12.3. The fraction of sp³-hybridized carbons (Fsp3) is 0.933. The number of hydrogen-bond donors (Lipinski definition) is 2. The molecule has 2 N–H and O–H groups in total. The summed E-state index contributed by atoms with van der Waals surface area (Å²) in [7, 11) is 1.68. The maximum atomic E-state index is 12.5. The van der Waals surface area contributed by atoms with E-state index >= 15 is 0 Å². The Bertz CT molecular complexity index is 301. The predicted octanol–water partition coefficient (Wildman–Crippen LogP) is 1.55. The van der Waals surface area contributed by atoms with Gasteiger partial charge >= 0.3 is 0 Å². The third-order valence-corrected chi connectivity index (χ3v) is 4.74. The van der Waals surface area contributed by atoms with Crippen LogP contribution in [-0.4, -0.2) is 39.3 Å². The molecular weight excluding hydrogens is 240 g/mol. The molecule has 1 amide bonds. The number of amides is 1. The van der Waals surface area contributed by atoms with Crippen LogP contribution in [0, 0.1) is 17.3 Å². The monoisotopic (exact) mass is 268 g/mol. The van der Waals surface area contributed by atoms with E-state index in [0.717, 1.165) is 32.0 Å². The van der Waals surface area contributed by atoms with Gasteiger partial charge in [0.25, 0.3) is 0 Å². The summed E-state index contributed by atoms with van der Waals surface area (Å²) in [5.74, 6) is 1.66. The average molecular weight is 268 g/mol. The van der Waals surface area contributed by atoms with Gasteiger partial charge in [0, 0.05) is 20.2 Å². The third kappa shape index (κ3) is 3.69. The van der Waals surface area contributed by atoms with Crippen molar-refractivity contribution in [1.82, 2.24) is 10.6 Å². The van der Waals surface area contributed by atoms with Crippen LogP contribution in [0.2, 0.25) is 0 Å². The van der Waals surface area contributed by atoms with Crippen LogP contribution in [0.1, 0.15) is 39.0 Å². The minimum atomic E-state index is -0.338.